The van der Waals surface area contributed by atoms with E-state index < -0.39 is 49.8 Å². The van der Waals surface area contributed by atoms with Crippen LogP contribution in [0.25, 0.3) is 22.3 Å². The number of alkyl carbamates (subject to hydrolysis) is 1. The second-order valence-electron chi connectivity index (χ2n) is 15.9. The summed E-state index contributed by atoms with van der Waals surface area (Å²) in [6.07, 6.45) is 0.152. The van der Waals surface area contributed by atoms with Crippen LogP contribution in [-0.4, -0.2) is 53.8 Å². The van der Waals surface area contributed by atoms with E-state index in [0.717, 1.165) is 28.6 Å². The Hall–Kier alpha value is -4.52. The van der Waals surface area contributed by atoms with Crippen LogP contribution in [-0.2, 0) is 47.3 Å². The van der Waals surface area contributed by atoms with Crippen molar-refractivity contribution in [3.8, 4) is 17.1 Å². The zero-order chi connectivity index (χ0) is 37.0. The van der Waals surface area contributed by atoms with E-state index in [1.165, 1.54) is 6.92 Å². The van der Waals surface area contributed by atoms with Crippen LogP contribution in [0.2, 0.25) is 19.1 Å². The molecule has 0 radical (unpaired) electrons. The van der Waals surface area contributed by atoms with Crippen LogP contribution in [0.3, 0.4) is 0 Å². The van der Waals surface area contributed by atoms with E-state index in [0.29, 0.717) is 22.7 Å². The van der Waals surface area contributed by atoms with E-state index in [-0.39, 0.29) is 41.7 Å². The third kappa shape index (κ3) is 7.19. The van der Waals surface area contributed by atoms with Gasteiger partial charge in [0.05, 0.1) is 37.1 Å². The lowest BCUT2D eigenvalue weighted by atomic mass is 9.85. The fourth-order valence-corrected chi connectivity index (χ4v) is 10.3. The van der Waals surface area contributed by atoms with Crippen LogP contribution < -0.4 is 20.8 Å². The van der Waals surface area contributed by atoms with Gasteiger partial charge in [-0.3, -0.25) is 14.4 Å². The van der Waals surface area contributed by atoms with Crippen LogP contribution >= 0.6 is 0 Å². The molecular formula is C37H47N3O9Si. The van der Waals surface area contributed by atoms with E-state index in [4.69, 9.17) is 23.9 Å². The summed E-state index contributed by atoms with van der Waals surface area (Å²) in [5.74, 6) is -1.71. The van der Waals surface area contributed by atoms with Crippen LogP contribution in [0, 0.1) is 5.41 Å². The standard InChI is InChI=1S/C37H47N3O9Si/c1-11-37(48-29(42)18-38-34(45)49-36(6,7)8)26-17-28-30-24(19-40(28)32(43)25(26)20-46-33(37)44)31(50(9,10)15-14-35(3,4)5)23-16-22(47-21(2)41)12-13-27(23)39-30/h12-13,16-17H,11,14-15,18-20H2,1-10H3,(H,38,45). The lowest BCUT2D eigenvalue weighted by Crippen LogP contribution is -2.49. The number of carbonyl (C=O) groups is 4. The highest BCUT2D eigenvalue weighted by atomic mass is 28.3. The van der Waals surface area contributed by atoms with Crippen molar-refractivity contribution in [3.63, 3.8) is 0 Å². The van der Waals surface area contributed by atoms with Gasteiger partial charge in [-0.1, -0.05) is 53.3 Å². The van der Waals surface area contributed by atoms with E-state index >= 15 is 0 Å². The number of rotatable bonds is 8. The minimum absolute atomic E-state index is 0.0190. The smallest absolute Gasteiger partial charge is 0.408 e. The molecule has 50 heavy (non-hydrogen) atoms. The van der Waals surface area contributed by atoms with Gasteiger partial charge >= 0.3 is 24.0 Å². The Labute approximate surface area is 292 Å². The molecule has 268 valence electrons. The van der Waals surface area contributed by atoms with Gasteiger partial charge in [0.15, 0.2) is 0 Å². The summed E-state index contributed by atoms with van der Waals surface area (Å²) in [6.45, 7) is 18.8. The summed E-state index contributed by atoms with van der Waals surface area (Å²) in [7, 11) is -2.25. The van der Waals surface area contributed by atoms with Gasteiger partial charge in [-0.2, -0.15) is 0 Å². The first kappa shape index (κ1) is 36.7. The van der Waals surface area contributed by atoms with Crippen molar-refractivity contribution in [2.45, 2.75) is 112 Å². The third-order valence-corrected chi connectivity index (χ3v) is 12.6. The highest BCUT2D eigenvalue weighted by molar-refractivity contribution is 6.91. The Balaban J connectivity index is 1.65. The number of hydrogen-bond donors (Lipinski definition) is 1. The van der Waals surface area contributed by atoms with Crippen molar-refractivity contribution < 1.29 is 38.1 Å². The highest BCUT2D eigenvalue weighted by Gasteiger charge is 2.50. The summed E-state index contributed by atoms with van der Waals surface area (Å²) in [5, 5.41) is 4.37. The van der Waals surface area contributed by atoms with Crippen LogP contribution in [0.5, 0.6) is 5.75 Å². The van der Waals surface area contributed by atoms with Crippen molar-refractivity contribution >= 4 is 48.2 Å². The first-order valence-corrected chi connectivity index (χ1v) is 20.2. The van der Waals surface area contributed by atoms with Crippen molar-refractivity contribution in [3.05, 3.63) is 51.3 Å². The number of nitrogens with zero attached hydrogens (tertiary/aromatic N) is 2. The Kier molecular flexibility index (Phi) is 9.54. The SMILES string of the molecule is CCC1(OC(=O)CNC(=O)OC(C)(C)C)C(=O)OCc2c1cc1n(c2=O)Cc2c-1nc1ccc(OC(C)=O)cc1c2[Si](C)(C)CCC(C)(C)C. The minimum Gasteiger partial charge on any atom is -0.457 e. The summed E-state index contributed by atoms with van der Waals surface area (Å²) >= 11 is 0. The summed E-state index contributed by atoms with van der Waals surface area (Å²) in [4.78, 5) is 70.0. The second-order valence-corrected chi connectivity index (χ2v) is 20.7. The molecule has 0 fully saturated rings. The van der Waals surface area contributed by atoms with Gasteiger partial charge < -0.3 is 28.8 Å². The van der Waals surface area contributed by atoms with Crippen LogP contribution in [0.4, 0.5) is 4.79 Å². The molecule has 3 aromatic rings. The fraction of sp³-hybridized carbons (Fsp3) is 0.514. The van der Waals surface area contributed by atoms with Gasteiger partial charge in [-0.05, 0) is 67.6 Å². The number of amides is 1. The first-order chi connectivity index (χ1) is 23.2. The number of fused-ring (bicyclic) bond motifs is 5. The largest absolute Gasteiger partial charge is 0.457 e. The maximum absolute atomic E-state index is 14.3. The zero-order valence-corrected chi connectivity index (χ0v) is 31.6. The monoisotopic (exact) mass is 705 g/mol. The lowest BCUT2D eigenvalue weighted by Gasteiger charge is -2.35. The maximum atomic E-state index is 14.3. The van der Waals surface area contributed by atoms with Gasteiger partial charge in [-0.25, -0.2) is 14.6 Å². The predicted molar refractivity (Wildman–Crippen MR) is 190 cm³/mol. The van der Waals surface area contributed by atoms with Crippen molar-refractivity contribution in [1.82, 2.24) is 14.9 Å². The highest BCUT2D eigenvalue weighted by Crippen LogP contribution is 2.42. The average Bonchev–Trinajstić information content (AvgIpc) is 3.36. The van der Waals surface area contributed by atoms with Gasteiger partial charge in [0.2, 0.25) is 5.60 Å². The Morgan fingerprint density at radius 2 is 1.76 bits per heavy atom. The number of ether oxygens (including phenoxy) is 4. The van der Waals surface area contributed by atoms with E-state index in [9.17, 15) is 24.0 Å². The summed E-state index contributed by atoms with van der Waals surface area (Å²) in [5.41, 5.74) is 0.211. The molecule has 1 aromatic carbocycles. The maximum Gasteiger partial charge on any atom is 0.408 e. The number of aromatic nitrogens is 2. The Bertz CT molecular complexity index is 1970. The molecule has 0 bridgehead atoms. The van der Waals surface area contributed by atoms with Crippen LogP contribution in [0.15, 0.2) is 29.1 Å². The quantitative estimate of drug-likeness (QED) is 0.109. The molecule has 0 spiro atoms. The molecule has 4 heterocycles. The topological polar surface area (TPSA) is 152 Å². The molecule has 1 N–H and O–H groups in total. The number of hydrogen-bond acceptors (Lipinski definition) is 10. The first-order valence-electron chi connectivity index (χ1n) is 16.9. The Morgan fingerprint density at radius 1 is 1.06 bits per heavy atom. The molecule has 1 amide bonds. The third-order valence-electron chi connectivity index (χ3n) is 9.13. The Morgan fingerprint density at radius 3 is 2.38 bits per heavy atom. The molecular weight excluding hydrogens is 659 g/mol. The molecule has 1 atom stereocenters. The molecule has 13 heteroatoms. The summed E-state index contributed by atoms with van der Waals surface area (Å²) in [6, 6.07) is 8.07. The molecule has 5 rings (SSSR count). The average molecular weight is 706 g/mol. The predicted octanol–water partition coefficient (Wildman–Crippen LogP) is 5.43. The molecule has 2 aromatic heterocycles. The molecule has 0 saturated heterocycles. The molecule has 12 nitrogen and oxygen atoms in total. The molecule has 1 unspecified atom stereocenters. The van der Waals surface area contributed by atoms with E-state index in [2.05, 4.69) is 39.2 Å². The number of esters is 3. The van der Waals surface area contributed by atoms with Gasteiger partial charge in [0.1, 0.15) is 24.5 Å². The minimum atomic E-state index is -2.25. The van der Waals surface area contributed by atoms with E-state index in [1.54, 1.807) is 44.4 Å². The van der Waals surface area contributed by atoms with Crippen molar-refractivity contribution in [1.29, 1.82) is 0 Å². The number of cyclic esters (lactones) is 1. The second kappa shape index (κ2) is 13.0. The number of nitrogens with one attached hydrogen (secondary N) is 1. The molecule has 0 saturated carbocycles. The van der Waals surface area contributed by atoms with E-state index in [1.807, 2.05) is 12.1 Å². The van der Waals surface area contributed by atoms with Gasteiger partial charge in [-0.15, -0.1) is 0 Å². The number of carbonyl (C=O) groups excluding carboxylic acids is 4. The fourth-order valence-electron chi connectivity index (χ4n) is 6.72. The van der Waals surface area contributed by atoms with Gasteiger partial charge in [0.25, 0.3) is 5.56 Å². The zero-order valence-electron chi connectivity index (χ0n) is 30.6. The number of benzene rings is 1. The van der Waals surface area contributed by atoms with Crippen molar-refractivity contribution in [2.75, 3.05) is 6.54 Å². The summed E-state index contributed by atoms with van der Waals surface area (Å²) < 4.78 is 23.6. The molecule has 0 aliphatic carbocycles. The van der Waals surface area contributed by atoms with Gasteiger partial charge in [0, 0.05) is 17.9 Å². The lowest BCUT2D eigenvalue weighted by molar-refractivity contribution is -0.188. The van der Waals surface area contributed by atoms with Crippen LogP contribution in [0.1, 0.15) is 84.9 Å². The number of pyridine rings is 2. The molecule has 2 aliphatic heterocycles. The normalized spacial score (nSPS) is 17.0. The van der Waals surface area contributed by atoms with Crippen molar-refractivity contribution in [2.24, 2.45) is 5.41 Å². The molecule has 2 aliphatic rings.